The number of carboxylic acids is 1. The third-order valence-electron chi connectivity index (χ3n) is 6.87. The molecular formula is C34H32F2N2O5. The minimum Gasteiger partial charge on any atom is -0.494 e. The number of amides is 2. The van der Waals surface area contributed by atoms with Gasteiger partial charge in [0, 0.05) is 36.3 Å². The number of carbonyl (C=O) groups is 3. The molecule has 0 saturated carbocycles. The van der Waals surface area contributed by atoms with Gasteiger partial charge in [-0.15, -0.1) is 0 Å². The second-order valence-corrected chi connectivity index (χ2v) is 9.74. The maximum absolute atomic E-state index is 14.1. The molecule has 0 fully saturated rings. The van der Waals surface area contributed by atoms with Crippen molar-refractivity contribution >= 4 is 17.8 Å². The van der Waals surface area contributed by atoms with Crippen molar-refractivity contribution in [2.24, 2.45) is 0 Å². The van der Waals surface area contributed by atoms with Gasteiger partial charge in [-0.3, -0.25) is 14.4 Å². The Labute approximate surface area is 248 Å². The van der Waals surface area contributed by atoms with E-state index in [1.165, 1.54) is 11.0 Å². The van der Waals surface area contributed by atoms with E-state index in [-0.39, 0.29) is 48.7 Å². The Balaban J connectivity index is 1.61. The standard InChI is InChI=1S/C34H32F2N2O5/c1-2-43-24-10-7-9-23(21-24)17-19-38(20-18-32(39)40)34(42)28-14-6-4-12-26(28)25-11-3-5-13-27(25)33(41)37-22-29-30(35)15-8-16-31(29)36/h3-16,21H,2,17-20,22H2,1H3,(H,37,41)(H,39,40). The summed E-state index contributed by atoms with van der Waals surface area (Å²) in [6.07, 6.45) is 0.235. The molecule has 2 N–H and O–H groups in total. The molecule has 4 aromatic carbocycles. The summed E-state index contributed by atoms with van der Waals surface area (Å²) in [6, 6.07) is 24.4. The molecule has 4 rings (SSSR count). The fraction of sp³-hybridized carbons (Fsp3) is 0.206. The van der Waals surface area contributed by atoms with E-state index in [2.05, 4.69) is 5.32 Å². The highest BCUT2D eigenvalue weighted by Gasteiger charge is 2.23. The molecular weight excluding hydrogens is 554 g/mol. The van der Waals surface area contributed by atoms with E-state index < -0.39 is 23.5 Å². The molecule has 2 amide bonds. The van der Waals surface area contributed by atoms with Crippen LogP contribution in [0.25, 0.3) is 11.1 Å². The number of aliphatic carboxylic acids is 1. The lowest BCUT2D eigenvalue weighted by atomic mass is 9.94. The Hall–Kier alpha value is -5.05. The first-order chi connectivity index (χ1) is 20.8. The number of nitrogens with one attached hydrogen (secondary N) is 1. The predicted molar refractivity (Wildman–Crippen MR) is 159 cm³/mol. The van der Waals surface area contributed by atoms with Crippen molar-refractivity contribution in [2.45, 2.75) is 26.3 Å². The first-order valence-electron chi connectivity index (χ1n) is 13.9. The van der Waals surface area contributed by atoms with Gasteiger partial charge in [0.25, 0.3) is 11.8 Å². The van der Waals surface area contributed by atoms with Gasteiger partial charge >= 0.3 is 5.97 Å². The number of hydrogen-bond donors (Lipinski definition) is 2. The van der Waals surface area contributed by atoms with Gasteiger partial charge in [0.05, 0.1) is 13.0 Å². The predicted octanol–water partition coefficient (Wildman–Crippen LogP) is 6.12. The van der Waals surface area contributed by atoms with Crippen LogP contribution >= 0.6 is 0 Å². The van der Waals surface area contributed by atoms with Crippen LogP contribution < -0.4 is 10.1 Å². The summed E-state index contributed by atoms with van der Waals surface area (Å²) in [5, 5.41) is 11.9. The lowest BCUT2D eigenvalue weighted by molar-refractivity contribution is -0.137. The molecule has 0 aliphatic rings. The highest BCUT2D eigenvalue weighted by Crippen LogP contribution is 2.29. The van der Waals surface area contributed by atoms with Crippen molar-refractivity contribution in [3.8, 4) is 16.9 Å². The smallest absolute Gasteiger partial charge is 0.305 e. The maximum atomic E-state index is 14.1. The van der Waals surface area contributed by atoms with Crippen LogP contribution in [0.5, 0.6) is 5.75 Å². The molecule has 0 heterocycles. The van der Waals surface area contributed by atoms with E-state index in [1.54, 1.807) is 48.5 Å². The number of rotatable bonds is 13. The highest BCUT2D eigenvalue weighted by molar-refractivity contribution is 6.06. The van der Waals surface area contributed by atoms with Crippen molar-refractivity contribution in [3.05, 3.63) is 125 Å². The Morgan fingerprint density at radius 1 is 0.814 bits per heavy atom. The van der Waals surface area contributed by atoms with Crippen LogP contribution in [-0.2, 0) is 17.8 Å². The van der Waals surface area contributed by atoms with Gasteiger partial charge < -0.3 is 20.1 Å². The number of nitrogens with zero attached hydrogens (tertiary/aromatic N) is 1. The zero-order chi connectivity index (χ0) is 30.8. The number of halogens is 2. The molecule has 0 spiro atoms. The summed E-state index contributed by atoms with van der Waals surface area (Å²) in [5.74, 6) is -2.82. The molecule has 0 bridgehead atoms. The minimum atomic E-state index is -1.03. The van der Waals surface area contributed by atoms with E-state index in [9.17, 15) is 28.3 Å². The third-order valence-corrected chi connectivity index (χ3v) is 6.87. The Bertz CT molecular complexity index is 1590. The van der Waals surface area contributed by atoms with Crippen molar-refractivity contribution < 1.29 is 33.0 Å². The topological polar surface area (TPSA) is 95.9 Å². The van der Waals surface area contributed by atoms with E-state index in [0.29, 0.717) is 29.9 Å². The van der Waals surface area contributed by atoms with Gasteiger partial charge in [-0.2, -0.15) is 0 Å². The maximum Gasteiger partial charge on any atom is 0.305 e. The van der Waals surface area contributed by atoms with Crippen LogP contribution in [0.4, 0.5) is 8.78 Å². The Morgan fingerprint density at radius 2 is 1.44 bits per heavy atom. The summed E-state index contributed by atoms with van der Waals surface area (Å²) in [5.41, 5.74) is 2.08. The monoisotopic (exact) mass is 586 g/mol. The first-order valence-corrected chi connectivity index (χ1v) is 13.9. The molecule has 222 valence electrons. The fourth-order valence-electron chi connectivity index (χ4n) is 4.72. The molecule has 43 heavy (non-hydrogen) atoms. The van der Waals surface area contributed by atoms with Crippen LogP contribution in [0, 0.1) is 11.6 Å². The second kappa shape index (κ2) is 14.7. The molecule has 0 radical (unpaired) electrons. The van der Waals surface area contributed by atoms with E-state index >= 15 is 0 Å². The number of ether oxygens (including phenoxy) is 1. The van der Waals surface area contributed by atoms with Crippen LogP contribution in [0.15, 0.2) is 91.0 Å². The number of carbonyl (C=O) groups excluding carboxylic acids is 2. The van der Waals surface area contributed by atoms with Crippen LogP contribution in [0.3, 0.4) is 0 Å². The molecule has 0 aliphatic carbocycles. The van der Waals surface area contributed by atoms with Gasteiger partial charge in [-0.05, 0) is 66.4 Å². The van der Waals surface area contributed by atoms with Crippen LogP contribution in [0.2, 0.25) is 0 Å². The van der Waals surface area contributed by atoms with E-state index in [4.69, 9.17) is 4.74 Å². The number of carboxylic acid groups (broad SMARTS) is 1. The summed E-state index contributed by atoms with van der Waals surface area (Å²) >= 11 is 0. The largest absolute Gasteiger partial charge is 0.494 e. The van der Waals surface area contributed by atoms with E-state index in [1.807, 2.05) is 31.2 Å². The van der Waals surface area contributed by atoms with Gasteiger partial charge in [0.1, 0.15) is 17.4 Å². The Morgan fingerprint density at radius 3 is 2.12 bits per heavy atom. The minimum absolute atomic E-state index is 0.00993. The lowest BCUT2D eigenvalue weighted by Crippen LogP contribution is -2.35. The molecule has 4 aromatic rings. The molecule has 0 saturated heterocycles. The summed E-state index contributed by atoms with van der Waals surface area (Å²) < 4.78 is 33.8. The SMILES string of the molecule is CCOc1cccc(CCN(CCC(=O)O)C(=O)c2ccccc2-c2ccccc2C(=O)NCc2c(F)cccc2F)c1. The highest BCUT2D eigenvalue weighted by atomic mass is 19.1. The molecule has 9 heteroatoms. The Kier molecular flexibility index (Phi) is 10.6. The summed E-state index contributed by atoms with van der Waals surface area (Å²) in [4.78, 5) is 40.1. The van der Waals surface area contributed by atoms with Gasteiger partial charge in [0.15, 0.2) is 0 Å². The first kappa shape index (κ1) is 30.9. The molecule has 0 aliphatic heterocycles. The average molecular weight is 587 g/mol. The zero-order valence-corrected chi connectivity index (χ0v) is 23.7. The molecule has 0 unspecified atom stereocenters. The van der Waals surface area contributed by atoms with Crippen LogP contribution in [-0.4, -0.2) is 47.5 Å². The molecule has 0 atom stereocenters. The van der Waals surface area contributed by atoms with Crippen molar-refractivity contribution in [3.63, 3.8) is 0 Å². The number of benzene rings is 4. The molecule has 7 nitrogen and oxygen atoms in total. The zero-order valence-electron chi connectivity index (χ0n) is 23.7. The fourth-order valence-corrected chi connectivity index (χ4v) is 4.72. The second-order valence-electron chi connectivity index (χ2n) is 9.74. The normalized spacial score (nSPS) is 10.7. The van der Waals surface area contributed by atoms with Gasteiger partial charge in [0.2, 0.25) is 0 Å². The van der Waals surface area contributed by atoms with Gasteiger partial charge in [-0.25, -0.2) is 8.78 Å². The average Bonchev–Trinajstić information content (AvgIpc) is 3.00. The quantitative estimate of drug-likeness (QED) is 0.197. The summed E-state index contributed by atoms with van der Waals surface area (Å²) in [6.45, 7) is 2.29. The molecule has 0 aromatic heterocycles. The lowest BCUT2D eigenvalue weighted by Gasteiger charge is -2.24. The van der Waals surface area contributed by atoms with Crippen molar-refractivity contribution in [1.82, 2.24) is 10.2 Å². The van der Waals surface area contributed by atoms with Crippen molar-refractivity contribution in [2.75, 3.05) is 19.7 Å². The third kappa shape index (κ3) is 8.03. The summed E-state index contributed by atoms with van der Waals surface area (Å²) in [7, 11) is 0. The number of hydrogen-bond acceptors (Lipinski definition) is 4. The van der Waals surface area contributed by atoms with Gasteiger partial charge in [-0.1, -0.05) is 54.6 Å². The van der Waals surface area contributed by atoms with E-state index in [0.717, 1.165) is 17.7 Å². The van der Waals surface area contributed by atoms with Crippen LogP contribution in [0.1, 0.15) is 45.2 Å². The van der Waals surface area contributed by atoms with Crippen molar-refractivity contribution in [1.29, 1.82) is 0 Å².